The number of para-hydroxylation sites is 1. The van der Waals surface area contributed by atoms with E-state index in [1.54, 1.807) is 11.3 Å². The quantitative estimate of drug-likeness (QED) is 0.677. The Morgan fingerprint density at radius 3 is 2.70 bits per heavy atom. The highest BCUT2D eigenvalue weighted by Crippen LogP contribution is 2.22. The summed E-state index contributed by atoms with van der Waals surface area (Å²) in [7, 11) is 0. The number of nitrogens with zero attached hydrogens (tertiary/aromatic N) is 4. The van der Waals surface area contributed by atoms with Crippen LogP contribution in [0, 0.1) is 6.92 Å². The summed E-state index contributed by atoms with van der Waals surface area (Å²) >= 11 is 1.57. The molecule has 1 aromatic carbocycles. The first-order valence-corrected chi connectivity index (χ1v) is 10.0. The standard InChI is InChI=1S/C20H22N4O2S/c1-15-5-2-3-6-16(15)23-10-12-24(13-11-23)19(25)9-8-18-21-20(22-26-18)17-7-4-14-27-17/h2-7,14H,8-13H2,1H3. The summed E-state index contributed by atoms with van der Waals surface area (Å²) in [4.78, 5) is 22.2. The van der Waals surface area contributed by atoms with Crippen molar-refractivity contribution in [2.24, 2.45) is 0 Å². The number of aryl methyl sites for hydroxylation is 2. The van der Waals surface area contributed by atoms with Gasteiger partial charge < -0.3 is 14.3 Å². The number of aromatic nitrogens is 2. The zero-order valence-corrected chi connectivity index (χ0v) is 16.1. The number of hydrogen-bond donors (Lipinski definition) is 0. The molecule has 1 amide bonds. The second kappa shape index (κ2) is 7.92. The normalized spacial score (nSPS) is 14.6. The highest BCUT2D eigenvalue weighted by atomic mass is 32.1. The van der Waals surface area contributed by atoms with Gasteiger partial charge in [0, 0.05) is 44.7 Å². The second-order valence-electron chi connectivity index (χ2n) is 6.64. The molecule has 1 saturated heterocycles. The maximum absolute atomic E-state index is 12.5. The Morgan fingerprint density at radius 2 is 1.96 bits per heavy atom. The van der Waals surface area contributed by atoms with E-state index >= 15 is 0 Å². The fourth-order valence-corrected chi connectivity index (χ4v) is 4.00. The van der Waals surface area contributed by atoms with Gasteiger partial charge in [0.2, 0.25) is 17.6 Å². The summed E-state index contributed by atoms with van der Waals surface area (Å²) < 4.78 is 5.28. The highest BCUT2D eigenvalue weighted by molar-refractivity contribution is 7.13. The summed E-state index contributed by atoms with van der Waals surface area (Å²) in [5, 5.41) is 5.97. The van der Waals surface area contributed by atoms with E-state index in [-0.39, 0.29) is 5.91 Å². The molecule has 0 radical (unpaired) electrons. The molecule has 0 saturated carbocycles. The maximum Gasteiger partial charge on any atom is 0.227 e. The third-order valence-corrected chi connectivity index (χ3v) is 5.72. The van der Waals surface area contributed by atoms with Crippen molar-refractivity contribution in [3.8, 4) is 10.7 Å². The second-order valence-corrected chi connectivity index (χ2v) is 7.59. The van der Waals surface area contributed by atoms with Crippen LogP contribution in [0.2, 0.25) is 0 Å². The maximum atomic E-state index is 12.5. The van der Waals surface area contributed by atoms with E-state index in [4.69, 9.17) is 4.52 Å². The van der Waals surface area contributed by atoms with Gasteiger partial charge in [-0.05, 0) is 30.0 Å². The van der Waals surface area contributed by atoms with E-state index in [0.29, 0.717) is 24.6 Å². The third-order valence-electron chi connectivity index (χ3n) is 4.85. The van der Waals surface area contributed by atoms with Crippen molar-refractivity contribution in [1.82, 2.24) is 15.0 Å². The molecule has 3 aromatic rings. The Balaban J connectivity index is 1.28. The molecule has 2 aromatic heterocycles. The van der Waals surface area contributed by atoms with Gasteiger partial charge in [0.15, 0.2) is 0 Å². The van der Waals surface area contributed by atoms with Gasteiger partial charge >= 0.3 is 0 Å². The van der Waals surface area contributed by atoms with Crippen LogP contribution in [0.4, 0.5) is 5.69 Å². The molecule has 4 rings (SSSR count). The van der Waals surface area contributed by atoms with Crippen LogP contribution in [0.25, 0.3) is 10.7 Å². The highest BCUT2D eigenvalue weighted by Gasteiger charge is 2.22. The summed E-state index contributed by atoms with van der Waals surface area (Å²) in [6.45, 7) is 5.34. The van der Waals surface area contributed by atoms with Crippen molar-refractivity contribution in [3.63, 3.8) is 0 Å². The Labute approximate surface area is 162 Å². The number of piperazine rings is 1. The van der Waals surface area contributed by atoms with Crippen molar-refractivity contribution in [2.45, 2.75) is 19.8 Å². The predicted octanol–water partition coefficient (Wildman–Crippen LogP) is 3.39. The van der Waals surface area contributed by atoms with Crippen molar-refractivity contribution in [1.29, 1.82) is 0 Å². The van der Waals surface area contributed by atoms with Gasteiger partial charge in [-0.25, -0.2) is 0 Å². The van der Waals surface area contributed by atoms with Crippen molar-refractivity contribution >= 4 is 22.9 Å². The Kier molecular flexibility index (Phi) is 5.20. The van der Waals surface area contributed by atoms with E-state index in [1.807, 2.05) is 22.4 Å². The van der Waals surface area contributed by atoms with Crippen molar-refractivity contribution in [3.05, 3.63) is 53.2 Å². The number of carbonyl (C=O) groups is 1. The first kappa shape index (κ1) is 17.7. The van der Waals surface area contributed by atoms with E-state index in [2.05, 4.69) is 46.2 Å². The smallest absolute Gasteiger partial charge is 0.227 e. The SMILES string of the molecule is Cc1ccccc1N1CCN(C(=O)CCc2nc(-c3cccs3)no2)CC1. The largest absolute Gasteiger partial charge is 0.368 e. The zero-order valence-electron chi connectivity index (χ0n) is 15.3. The van der Waals surface area contributed by atoms with Crippen LogP contribution < -0.4 is 4.90 Å². The monoisotopic (exact) mass is 382 g/mol. The topological polar surface area (TPSA) is 62.5 Å². The van der Waals surface area contributed by atoms with Crippen LogP contribution in [-0.4, -0.2) is 47.1 Å². The Bertz CT molecular complexity index is 898. The molecule has 1 fully saturated rings. The van der Waals surface area contributed by atoms with Crippen molar-refractivity contribution in [2.75, 3.05) is 31.1 Å². The minimum atomic E-state index is 0.148. The van der Waals surface area contributed by atoms with Gasteiger partial charge in [-0.3, -0.25) is 4.79 Å². The van der Waals surface area contributed by atoms with Crippen molar-refractivity contribution < 1.29 is 9.32 Å². The Hall–Kier alpha value is -2.67. The average Bonchev–Trinajstić information content (AvgIpc) is 3.38. The van der Waals surface area contributed by atoms with E-state index in [9.17, 15) is 4.79 Å². The number of amides is 1. The molecule has 1 aliphatic heterocycles. The molecule has 1 aliphatic rings. The average molecular weight is 382 g/mol. The van der Waals surface area contributed by atoms with Gasteiger partial charge in [0.25, 0.3) is 0 Å². The van der Waals surface area contributed by atoms with Crippen LogP contribution >= 0.6 is 11.3 Å². The first-order chi connectivity index (χ1) is 13.2. The number of thiophene rings is 1. The summed E-state index contributed by atoms with van der Waals surface area (Å²) in [6, 6.07) is 12.3. The minimum absolute atomic E-state index is 0.148. The fourth-order valence-electron chi connectivity index (χ4n) is 3.35. The molecule has 6 nitrogen and oxygen atoms in total. The first-order valence-electron chi connectivity index (χ1n) is 9.15. The number of hydrogen-bond acceptors (Lipinski definition) is 6. The predicted molar refractivity (Wildman–Crippen MR) is 106 cm³/mol. The van der Waals surface area contributed by atoms with Gasteiger partial charge in [0.1, 0.15) is 0 Å². The lowest BCUT2D eigenvalue weighted by Gasteiger charge is -2.36. The molecule has 0 spiro atoms. The number of carbonyl (C=O) groups excluding carboxylic acids is 1. The van der Waals surface area contributed by atoms with Crippen LogP contribution in [0.3, 0.4) is 0 Å². The summed E-state index contributed by atoms with van der Waals surface area (Å²) in [6.07, 6.45) is 0.881. The lowest BCUT2D eigenvalue weighted by atomic mass is 10.1. The molecule has 3 heterocycles. The number of benzene rings is 1. The summed E-state index contributed by atoms with van der Waals surface area (Å²) in [5.74, 6) is 1.26. The molecule has 0 aliphatic carbocycles. The lowest BCUT2D eigenvalue weighted by molar-refractivity contribution is -0.131. The molecule has 0 bridgehead atoms. The van der Waals surface area contributed by atoms with Gasteiger partial charge in [-0.2, -0.15) is 4.98 Å². The minimum Gasteiger partial charge on any atom is -0.368 e. The molecule has 7 heteroatoms. The van der Waals surface area contributed by atoms with Crippen LogP contribution in [0.15, 0.2) is 46.3 Å². The lowest BCUT2D eigenvalue weighted by Crippen LogP contribution is -2.49. The van der Waals surface area contributed by atoms with Crippen LogP contribution in [0.5, 0.6) is 0 Å². The van der Waals surface area contributed by atoms with Gasteiger partial charge in [0.05, 0.1) is 4.88 Å². The van der Waals surface area contributed by atoms with Crippen LogP contribution in [0.1, 0.15) is 17.9 Å². The summed E-state index contributed by atoms with van der Waals surface area (Å²) in [5.41, 5.74) is 2.53. The van der Waals surface area contributed by atoms with Gasteiger partial charge in [-0.1, -0.05) is 29.4 Å². The number of rotatable bonds is 5. The molecular weight excluding hydrogens is 360 g/mol. The molecule has 27 heavy (non-hydrogen) atoms. The number of anilines is 1. The zero-order chi connectivity index (χ0) is 18.6. The Morgan fingerprint density at radius 1 is 1.15 bits per heavy atom. The van der Waals surface area contributed by atoms with Gasteiger partial charge in [-0.15, -0.1) is 11.3 Å². The molecule has 140 valence electrons. The van der Waals surface area contributed by atoms with Crippen LogP contribution in [-0.2, 0) is 11.2 Å². The van der Waals surface area contributed by atoms with E-state index in [1.165, 1.54) is 11.3 Å². The molecule has 0 unspecified atom stereocenters. The van der Waals surface area contributed by atoms with E-state index in [0.717, 1.165) is 31.1 Å². The third kappa shape index (κ3) is 4.03. The fraction of sp³-hybridized carbons (Fsp3) is 0.350. The molecule has 0 atom stereocenters. The molecular formula is C20H22N4O2S. The molecule has 0 N–H and O–H groups in total. The van der Waals surface area contributed by atoms with E-state index < -0.39 is 0 Å².